The number of carbonyl (C=O) groups excluding carboxylic acids is 2. The number of carbonyl (C=O) groups is 2. The Hall–Kier alpha value is -1.90. The summed E-state index contributed by atoms with van der Waals surface area (Å²) in [4.78, 5) is 24.5. The van der Waals surface area contributed by atoms with Crippen molar-refractivity contribution in [3.05, 3.63) is 47.7 Å². The lowest BCUT2D eigenvalue weighted by Crippen LogP contribution is -2.54. The molecule has 2 rings (SSSR count). The summed E-state index contributed by atoms with van der Waals surface area (Å²) in [5.74, 6) is -0.907. The van der Waals surface area contributed by atoms with Crippen LogP contribution in [0.25, 0.3) is 0 Å². The van der Waals surface area contributed by atoms with Crippen molar-refractivity contribution in [1.82, 2.24) is 5.32 Å². The maximum Gasteiger partial charge on any atom is 0.176 e. The number of hydrogen-bond donors (Lipinski definition) is 1. The minimum absolute atomic E-state index is 0.120. The van der Waals surface area contributed by atoms with E-state index in [4.69, 9.17) is 0 Å². The fourth-order valence-corrected chi connectivity index (χ4v) is 2.49. The highest BCUT2D eigenvalue weighted by atomic mass is 16.2. The van der Waals surface area contributed by atoms with E-state index in [-0.39, 0.29) is 11.6 Å². The molecule has 3 nitrogen and oxygen atoms in total. The molecule has 0 radical (unpaired) electrons. The molecule has 0 amide bonds. The van der Waals surface area contributed by atoms with Crippen molar-refractivity contribution in [2.24, 2.45) is 5.92 Å². The molecule has 0 aromatic heterocycles. The molecule has 1 aromatic carbocycles. The number of hydrogen-bond acceptors (Lipinski definition) is 3. The minimum atomic E-state index is -0.663. The first-order valence-electron chi connectivity index (χ1n) is 6.01. The van der Waals surface area contributed by atoms with Crippen LogP contribution in [0.15, 0.2) is 42.1 Å². The van der Waals surface area contributed by atoms with E-state index in [1.165, 1.54) is 6.08 Å². The van der Waals surface area contributed by atoms with Gasteiger partial charge in [-0.15, -0.1) is 0 Å². The molecule has 94 valence electrons. The van der Waals surface area contributed by atoms with Crippen molar-refractivity contribution < 1.29 is 9.59 Å². The van der Waals surface area contributed by atoms with Gasteiger partial charge in [-0.25, -0.2) is 0 Å². The van der Waals surface area contributed by atoms with Crippen LogP contribution in [0.5, 0.6) is 0 Å². The number of allylic oxidation sites excluding steroid dienone is 2. The Kier molecular flexibility index (Phi) is 3.07. The van der Waals surface area contributed by atoms with Gasteiger partial charge in [-0.05, 0) is 20.8 Å². The zero-order chi connectivity index (χ0) is 13.3. The van der Waals surface area contributed by atoms with Crippen LogP contribution in [-0.2, 0) is 4.79 Å². The summed E-state index contributed by atoms with van der Waals surface area (Å²) < 4.78 is 0. The Balaban J connectivity index is 2.38. The van der Waals surface area contributed by atoms with Crippen molar-refractivity contribution in [1.29, 1.82) is 0 Å². The molecule has 1 heterocycles. The Morgan fingerprint density at radius 3 is 2.39 bits per heavy atom. The van der Waals surface area contributed by atoms with Gasteiger partial charge in [0, 0.05) is 22.9 Å². The predicted octanol–water partition coefficient (Wildman–Crippen LogP) is 2.34. The summed E-state index contributed by atoms with van der Waals surface area (Å²) in [6.45, 7) is 5.60. The van der Waals surface area contributed by atoms with Gasteiger partial charge in [0.2, 0.25) is 0 Å². The molecule has 1 aliphatic heterocycles. The summed E-state index contributed by atoms with van der Waals surface area (Å²) in [6.07, 6.45) is 1.51. The Bertz CT molecular complexity index is 515. The van der Waals surface area contributed by atoms with Crippen LogP contribution in [0.4, 0.5) is 0 Å². The molecule has 1 atom stereocenters. The number of rotatable bonds is 2. The minimum Gasteiger partial charge on any atom is -0.382 e. The first-order chi connectivity index (χ1) is 8.42. The molecule has 0 unspecified atom stereocenters. The van der Waals surface area contributed by atoms with Crippen molar-refractivity contribution in [3.8, 4) is 0 Å². The Morgan fingerprint density at radius 2 is 1.83 bits per heavy atom. The highest BCUT2D eigenvalue weighted by molar-refractivity contribution is 6.15. The molecule has 18 heavy (non-hydrogen) atoms. The second-order valence-electron chi connectivity index (χ2n) is 5.24. The van der Waals surface area contributed by atoms with Gasteiger partial charge in [-0.3, -0.25) is 9.59 Å². The average Bonchev–Trinajstić information content (AvgIpc) is 2.27. The first-order valence-corrected chi connectivity index (χ1v) is 6.01. The van der Waals surface area contributed by atoms with Gasteiger partial charge in [0.1, 0.15) is 5.92 Å². The summed E-state index contributed by atoms with van der Waals surface area (Å²) in [5.41, 5.74) is 0.837. The average molecular weight is 243 g/mol. The SMILES string of the molecule is CC1=CC(=O)[C@H](C(=O)c2ccccc2)C(C)(C)N1. The zero-order valence-electron chi connectivity index (χ0n) is 10.9. The van der Waals surface area contributed by atoms with Crippen LogP contribution >= 0.6 is 0 Å². The van der Waals surface area contributed by atoms with Gasteiger partial charge in [0.05, 0.1) is 0 Å². The maximum atomic E-state index is 12.4. The van der Waals surface area contributed by atoms with E-state index in [9.17, 15) is 9.59 Å². The molecule has 0 aliphatic carbocycles. The van der Waals surface area contributed by atoms with Gasteiger partial charge in [-0.1, -0.05) is 30.3 Å². The highest BCUT2D eigenvalue weighted by Gasteiger charge is 2.42. The first kappa shape index (κ1) is 12.6. The number of nitrogens with one attached hydrogen (secondary N) is 1. The van der Waals surface area contributed by atoms with Crippen LogP contribution in [0.2, 0.25) is 0 Å². The van der Waals surface area contributed by atoms with Crippen LogP contribution in [0, 0.1) is 5.92 Å². The van der Waals surface area contributed by atoms with Gasteiger partial charge in [0.25, 0.3) is 0 Å². The van der Waals surface area contributed by atoms with E-state index in [0.29, 0.717) is 5.56 Å². The lowest BCUT2D eigenvalue weighted by molar-refractivity contribution is -0.119. The van der Waals surface area contributed by atoms with E-state index < -0.39 is 11.5 Å². The number of ketones is 2. The summed E-state index contributed by atoms with van der Waals surface area (Å²) in [6, 6.07) is 8.96. The summed E-state index contributed by atoms with van der Waals surface area (Å²) in [7, 11) is 0. The van der Waals surface area contributed by atoms with Crippen molar-refractivity contribution >= 4 is 11.6 Å². The summed E-state index contributed by atoms with van der Waals surface area (Å²) in [5, 5.41) is 3.21. The Morgan fingerprint density at radius 1 is 1.22 bits per heavy atom. The summed E-state index contributed by atoms with van der Waals surface area (Å²) >= 11 is 0. The number of benzene rings is 1. The molecule has 0 spiro atoms. The lowest BCUT2D eigenvalue weighted by Gasteiger charge is -2.37. The zero-order valence-corrected chi connectivity index (χ0v) is 10.9. The van der Waals surface area contributed by atoms with E-state index in [1.54, 1.807) is 12.1 Å². The molecule has 1 aromatic rings. The van der Waals surface area contributed by atoms with E-state index >= 15 is 0 Å². The van der Waals surface area contributed by atoms with Crippen LogP contribution < -0.4 is 5.32 Å². The topological polar surface area (TPSA) is 46.2 Å². The van der Waals surface area contributed by atoms with Crippen LogP contribution in [-0.4, -0.2) is 17.1 Å². The molecule has 0 saturated heterocycles. The molecule has 1 aliphatic rings. The van der Waals surface area contributed by atoms with Crippen molar-refractivity contribution in [2.45, 2.75) is 26.3 Å². The van der Waals surface area contributed by atoms with E-state index in [0.717, 1.165) is 5.70 Å². The maximum absolute atomic E-state index is 12.4. The van der Waals surface area contributed by atoms with Gasteiger partial charge < -0.3 is 5.32 Å². The third kappa shape index (κ3) is 2.21. The third-order valence-corrected chi connectivity index (χ3v) is 3.20. The van der Waals surface area contributed by atoms with Crippen molar-refractivity contribution in [2.75, 3.05) is 0 Å². The largest absolute Gasteiger partial charge is 0.382 e. The molecule has 0 bridgehead atoms. The predicted molar refractivity (Wildman–Crippen MR) is 70.2 cm³/mol. The molecule has 0 fully saturated rings. The highest BCUT2D eigenvalue weighted by Crippen LogP contribution is 2.27. The standard InChI is InChI=1S/C15H17NO2/c1-10-9-12(17)13(15(2,3)16-10)14(18)11-7-5-4-6-8-11/h4-9,13,16H,1-3H3/t13-/m1/s1. The van der Waals surface area contributed by atoms with Crippen LogP contribution in [0.3, 0.4) is 0 Å². The van der Waals surface area contributed by atoms with Crippen LogP contribution in [0.1, 0.15) is 31.1 Å². The fourth-order valence-electron chi connectivity index (χ4n) is 2.49. The fraction of sp³-hybridized carbons (Fsp3) is 0.333. The van der Waals surface area contributed by atoms with Crippen molar-refractivity contribution in [3.63, 3.8) is 0 Å². The smallest absolute Gasteiger partial charge is 0.176 e. The van der Waals surface area contributed by atoms with E-state index in [2.05, 4.69) is 5.32 Å². The van der Waals surface area contributed by atoms with Gasteiger partial charge >= 0.3 is 0 Å². The van der Waals surface area contributed by atoms with E-state index in [1.807, 2.05) is 39.0 Å². The van der Waals surface area contributed by atoms with Gasteiger partial charge in [0.15, 0.2) is 11.6 Å². The van der Waals surface area contributed by atoms with Gasteiger partial charge in [-0.2, -0.15) is 0 Å². The molecule has 3 heteroatoms. The quantitative estimate of drug-likeness (QED) is 0.640. The lowest BCUT2D eigenvalue weighted by atomic mass is 9.76. The monoisotopic (exact) mass is 243 g/mol. The normalized spacial score (nSPS) is 22.1. The second kappa shape index (κ2) is 4.41. The third-order valence-electron chi connectivity index (χ3n) is 3.20. The Labute approximate surface area is 107 Å². The molecular formula is C15H17NO2. The molecule has 0 saturated carbocycles. The molecular weight excluding hydrogens is 226 g/mol. The second-order valence-corrected chi connectivity index (χ2v) is 5.24. The molecule has 1 N–H and O–H groups in total. The number of Topliss-reactive ketones (excluding diaryl/α,β-unsaturated/α-hetero) is 1.